The average molecular weight is 555 g/mol. The van der Waals surface area contributed by atoms with Crippen molar-refractivity contribution in [3.8, 4) is 0 Å². The lowest BCUT2D eigenvalue weighted by Crippen LogP contribution is -2.38. The van der Waals surface area contributed by atoms with Crippen molar-refractivity contribution in [2.45, 2.75) is 4.90 Å². The fraction of sp³-hybridized carbons (Fsp3) is 0.0312. The molecule has 0 N–H and O–H groups in total. The van der Waals surface area contributed by atoms with Crippen molar-refractivity contribution in [2.75, 3.05) is 7.11 Å². The third-order valence-corrected chi connectivity index (χ3v) is 11.2. The number of benzene rings is 5. The first-order valence-corrected chi connectivity index (χ1v) is 15.3. The highest BCUT2D eigenvalue weighted by atomic mass is 32.2. The van der Waals surface area contributed by atoms with E-state index in [2.05, 4.69) is 126 Å². The molecule has 0 bridgehead atoms. The third-order valence-electron chi connectivity index (χ3n) is 6.12. The Bertz CT molecular complexity index is 1450. The molecule has 5 aromatic rings. The van der Waals surface area contributed by atoms with Crippen LogP contribution in [0.4, 0.5) is 0 Å². The number of hydrogen-bond acceptors (Lipinski definition) is 5. The van der Waals surface area contributed by atoms with Crippen LogP contribution >= 0.6 is 7.26 Å². The Kier molecular flexibility index (Phi) is 9.05. The second-order valence-corrected chi connectivity index (χ2v) is 13.3. The Morgan fingerprint density at radius 1 is 0.590 bits per heavy atom. The zero-order valence-corrected chi connectivity index (χ0v) is 23.0. The van der Waals surface area contributed by atoms with Gasteiger partial charge in [-0.15, -0.1) is 0 Å². The van der Waals surface area contributed by atoms with Gasteiger partial charge in [0.05, 0.1) is 17.6 Å². The maximum Gasteiger partial charge on any atom is 0.337 e. The number of rotatable bonds is 6. The monoisotopic (exact) mass is 554 g/mol. The van der Waals surface area contributed by atoms with Crippen LogP contribution in [0.2, 0.25) is 0 Å². The van der Waals surface area contributed by atoms with Crippen molar-refractivity contribution >= 4 is 44.6 Å². The molecule has 0 saturated heterocycles. The normalized spacial score (nSPS) is 11.1. The van der Waals surface area contributed by atoms with Gasteiger partial charge in [0.1, 0.15) is 38.6 Å². The number of carbonyl (C=O) groups excluding carboxylic acids is 1. The number of esters is 1. The number of methoxy groups -OCH3 is 1. The zero-order chi connectivity index (χ0) is 27.7. The topological polar surface area (TPSA) is 83.5 Å². The van der Waals surface area contributed by atoms with Crippen LogP contribution in [0.3, 0.4) is 0 Å². The molecule has 0 aliphatic heterocycles. The number of ether oxygens (including phenoxy) is 1. The fourth-order valence-corrected chi connectivity index (χ4v) is 9.18. The molecule has 0 saturated carbocycles. The van der Waals surface area contributed by atoms with E-state index >= 15 is 0 Å². The molecule has 0 heterocycles. The largest absolute Gasteiger partial charge is 0.744 e. The average Bonchev–Trinajstić information content (AvgIpc) is 2.99. The van der Waals surface area contributed by atoms with Gasteiger partial charge in [-0.3, -0.25) is 0 Å². The Labute approximate surface area is 229 Å². The van der Waals surface area contributed by atoms with E-state index in [0.717, 1.165) is 12.1 Å². The molecule has 196 valence electrons. The molecule has 0 radical (unpaired) electrons. The molecule has 0 aromatic heterocycles. The van der Waals surface area contributed by atoms with Gasteiger partial charge >= 0.3 is 5.97 Å². The van der Waals surface area contributed by atoms with Gasteiger partial charge in [-0.05, 0) is 66.7 Å². The maximum absolute atomic E-state index is 11.0. The molecule has 0 unspecified atom stereocenters. The Hall–Kier alpha value is -4.09. The van der Waals surface area contributed by atoms with E-state index in [4.69, 9.17) is 0 Å². The van der Waals surface area contributed by atoms with Crippen molar-refractivity contribution in [1.82, 2.24) is 0 Å². The first-order chi connectivity index (χ1) is 18.9. The van der Waals surface area contributed by atoms with E-state index < -0.39 is 28.2 Å². The summed E-state index contributed by atoms with van der Waals surface area (Å²) in [5.41, 5.74) is 0.0319. The van der Waals surface area contributed by atoms with Gasteiger partial charge in [-0.2, -0.15) is 0 Å². The summed E-state index contributed by atoms with van der Waals surface area (Å²) in [6.45, 7) is 0. The fourth-order valence-electron chi connectivity index (χ4n) is 4.40. The first-order valence-electron chi connectivity index (χ1n) is 12.1. The summed E-state index contributed by atoms with van der Waals surface area (Å²) in [6.07, 6.45) is 0. The molecule has 5 nitrogen and oxygen atoms in total. The lowest BCUT2D eigenvalue weighted by atomic mass is 10.2. The molecule has 0 fully saturated rings. The third kappa shape index (κ3) is 6.32. The maximum atomic E-state index is 11.0. The quantitative estimate of drug-likeness (QED) is 0.173. The van der Waals surface area contributed by atoms with E-state index in [1.54, 1.807) is 0 Å². The molecule has 7 heteroatoms. The lowest BCUT2D eigenvalue weighted by molar-refractivity contribution is 0.0600. The van der Waals surface area contributed by atoms with E-state index in [-0.39, 0.29) is 5.56 Å². The molecule has 5 aromatic carbocycles. The smallest absolute Gasteiger partial charge is 0.337 e. The van der Waals surface area contributed by atoms with Crippen LogP contribution in [-0.4, -0.2) is 26.0 Å². The zero-order valence-electron chi connectivity index (χ0n) is 21.3. The van der Waals surface area contributed by atoms with Gasteiger partial charge in [0.2, 0.25) is 0 Å². The van der Waals surface area contributed by atoms with Gasteiger partial charge in [0.25, 0.3) is 0 Å². The van der Waals surface area contributed by atoms with Gasteiger partial charge in [0.15, 0.2) is 0 Å². The van der Waals surface area contributed by atoms with E-state index in [0.29, 0.717) is 0 Å². The second-order valence-electron chi connectivity index (χ2n) is 8.49. The summed E-state index contributed by atoms with van der Waals surface area (Å²) in [6, 6.07) is 48.6. The van der Waals surface area contributed by atoms with Gasteiger partial charge in [-0.25, -0.2) is 13.2 Å². The Balaban J connectivity index is 0.000000215. The molecule has 5 rings (SSSR count). The van der Waals surface area contributed by atoms with Crippen LogP contribution in [0.5, 0.6) is 0 Å². The molecule has 0 aliphatic rings. The minimum absolute atomic E-state index is 0.0319. The molecular weight excluding hydrogens is 527 g/mol. The number of carbonyl (C=O) groups is 1. The van der Waals surface area contributed by atoms with Crippen molar-refractivity contribution in [3.63, 3.8) is 0 Å². The van der Waals surface area contributed by atoms with E-state index in [1.165, 1.54) is 40.5 Å². The van der Waals surface area contributed by atoms with Crippen LogP contribution in [0.1, 0.15) is 10.4 Å². The molecule has 39 heavy (non-hydrogen) atoms. The van der Waals surface area contributed by atoms with Gasteiger partial charge in [0, 0.05) is 0 Å². The standard InChI is InChI=1S/C24H20P.C8H8O5S/c1-5-13-21(14-6-1)25(22-15-7-2-8-16-22,23-17-9-3-10-18-23)24-19-11-4-12-20-24;1-13-8(9)6-3-2-4-7(5-6)14(10,11)12/h1-20H;2-5H,1H3,(H,10,11,12)/q+1;/p-1. The summed E-state index contributed by atoms with van der Waals surface area (Å²) in [7, 11) is -5.26. The highest BCUT2D eigenvalue weighted by Gasteiger charge is 2.47. The van der Waals surface area contributed by atoms with Gasteiger partial charge < -0.3 is 9.29 Å². The minimum atomic E-state index is -4.52. The first kappa shape index (κ1) is 27.9. The highest BCUT2D eigenvalue weighted by Crippen LogP contribution is 2.53. The highest BCUT2D eigenvalue weighted by molar-refractivity contribution is 8.01. The van der Waals surface area contributed by atoms with Crippen molar-refractivity contribution in [2.24, 2.45) is 0 Å². The van der Waals surface area contributed by atoms with E-state index in [9.17, 15) is 17.8 Å². The van der Waals surface area contributed by atoms with Crippen molar-refractivity contribution in [3.05, 3.63) is 151 Å². The Morgan fingerprint density at radius 3 is 1.26 bits per heavy atom. The SMILES string of the molecule is COC(=O)c1cccc(S(=O)(=O)[O-])c1.c1ccc([P+](c2ccccc2)(c2ccccc2)c2ccccc2)cc1. The molecule has 0 amide bonds. The number of hydrogen-bond donors (Lipinski definition) is 0. The second kappa shape index (κ2) is 12.6. The minimum Gasteiger partial charge on any atom is -0.744 e. The summed E-state index contributed by atoms with van der Waals surface area (Å²) in [4.78, 5) is 10.5. The molecule has 0 spiro atoms. The van der Waals surface area contributed by atoms with Crippen molar-refractivity contribution < 1.29 is 22.5 Å². The lowest BCUT2D eigenvalue weighted by Gasteiger charge is -2.27. The van der Waals surface area contributed by atoms with Crippen LogP contribution in [0.25, 0.3) is 0 Å². The van der Waals surface area contributed by atoms with E-state index in [1.807, 2.05) is 0 Å². The predicted molar refractivity (Wildman–Crippen MR) is 157 cm³/mol. The van der Waals surface area contributed by atoms with Crippen LogP contribution in [0, 0.1) is 0 Å². The molecular formula is C32H27O5PS. The van der Waals surface area contributed by atoms with Gasteiger partial charge in [-0.1, -0.05) is 78.9 Å². The summed E-state index contributed by atoms with van der Waals surface area (Å²) in [5, 5.41) is 5.55. The van der Waals surface area contributed by atoms with Crippen LogP contribution < -0.4 is 21.2 Å². The molecule has 0 atom stereocenters. The summed E-state index contributed by atoms with van der Waals surface area (Å²) < 4.78 is 36.1. The van der Waals surface area contributed by atoms with Crippen LogP contribution in [0.15, 0.2) is 150 Å². The predicted octanol–water partition coefficient (Wildman–Crippen LogP) is 4.68. The van der Waals surface area contributed by atoms with Crippen molar-refractivity contribution in [1.29, 1.82) is 0 Å². The summed E-state index contributed by atoms with van der Waals surface area (Å²) >= 11 is 0. The summed E-state index contributed by atoms with van der Waals surface area (Å²) in [5.74, 6) is -0.685. The Morgan fingerprint density at radius 2 is 0.949 bits per heavy atom. The van der Waals surface area contributed by atoms with Crippen LogP contribution in [-0.2, 0) is 14.9 Å². The molecule has 0 aliphatic carbocycles.